The number of Topliss-reactive ketones (excluding diaryl/α,β-unsaturated/α-hetero) is 1. The number of benzene rings is 1. The number of hydrogen-bond acceptors (Lipinski definition) is 5. The summed E-state index contributed by atoms with van der Waals surface area (Å²) in [4.78, 5) is 38.3. The number of ether oxygens (including phenoxy) is 1. The van der Waals surface area contributed by atoms with Gasteiger partial charge in [-0.05, 0) is 30.5 Å². The van der Waals surface area contributed by atoms with Crippen molar-refractivity contribution >= 4 is 17.7 Å². The number of esters is 1. The molecule has 0 aliphatic rings. The van der Waals surface area contributed by atoms with Gasteiger partial charge in [0.15, 0.2) is 0 Å². The number of rotatable bonds is 17. The summed E-state index contributed by atoms with van der Waals surface area (Å²) in [6.07, 6.45) is 10.3. The van der Waals surface area contributed by atoms with Gasteiger partial charge >= 0.3 is 5.97 Å². The van der Waals surface area contributed by atoms with Crippen molar-refractivity contribution in [1.29, 1.82) is 0 Å². The van der Waals surface area contributed by atoms with Gasteiger partial charge in [0.2, 0.25) is 5.91 Å². The molecule has 1 rings (SSSR count). The van der Waals surface area contributed by atoms with E-state index in [0.717, 1.165) is 63.4 Å². The van der Waals surface area contributed by atoms with E-state index < -0.39 is 23.8 Å². The van der Waals surface area contributed by atoms with Crippen molar-refractivity contribution < 1.29 is 24.2 Å². The van der Waals surface area contributed by atoms with Crippen LogP contribution in [0.4, 0.5) is 0 Å². The van der Waals surface area contributed by atoms with Crippen LogP contribution < -0.4 is 5.32 Å². The van der Waals surface area contributed by atoms with E-state index in [9.17, 15) is 19.5 Å². The Labute approximate surface area is 193 Å². The molecular formula is C26H41NO5. The van der Waals surface area contributed by atoms with Crippen molar-refractivity contribution in [3.05, 3.63) is 29.8 Å². The predicted octanol–water partition coefficient (Wildman–Crippen LogP) is 5.11. The molecule has 0 saturated carbocycles. The molecule has 1 unspecified atom stereocenters. The molecule has 0 bridgehead atoms. The Balaban J connectivity index is 2.81. The number of hydrogen-bond donors (Lipinski definition) is 2. The predicted molar refractivity (Wildman–Crippen MR) is 126 cm³/mol. The number of amides is 1. The number of ketones is 1. The molecule has 6 nitrogen and oxygen atoms in total. The van der Waals surface area contributed by atoms with E-state index in [2.05, 4.69) is 19.2 Å². The lowest BCUT2D eigenvalue weighted by molar-refractivity contribution is -0.146. The van der Waals surface area contributed by atoms with Gasteiger partial charge in [0, 0.05) is 12.8 Å². The third-order valence-corrected chi connectivity index (χ3v) is 5.76. The third kappa shape index (κ3) is 10.8. The van der Waals surface area contributed by atoms with Gasteiger partial charge in [0.1, 0.15) is 17.6 Å². The van der Waals surface area contributed by atoms with Gasteiger partial charge in [-0.15, -0.1) is 0 Å². The first-order valence-electron chi connectivity index (χ1n) is 12.1. The minimum absolute atomic E-state index is 0.0382. The van der Waals surface area contributed by atoms with E-state index in [-0.39, 0.29) is 18.0 Å². The van der Waals surface area contributed by atoms with Crippen LogP contribution in [-0.4, -0.2) is 35.9 Å². The monoisotopic (exact) mass is 447 g/mol. The molecule has 0 aromatic heterocycles. The fourth-order valence-corrected chi connectivity index (χ4v) is 3.77. The molecule has 32 heavy (non-hydrogen) atoms. The summed E-state index contributed by atoms with van der Waals surface area (Å²) in [5.74, 6) is -1.59. The van der Waals surface area contributed by atoms with Crippen LogP contribution in [0.25, 0.3) is 0 Å². The molecule has 2 N–H and O–H groups in total. The molecule has 0 heterocycles. The van der Waals surface area contributed by atoms with Crippen molar-refractivity contribution in [2.45, 2.75) is 96.9 Å². The molecule has 2 atom stereocenters. The third-order valence-electron chi connectivity index (χ3n) is 5.76. The second-order valence-corrected chi connectivity index (χ2v) is 8.49. The van der Waals surface area contributed by atoms with Crippen molar-refractivity contribution in [2.24, 2.45) is 5.92 Å². The highest BCUT2D eigenvalue weighted by Gasteiger charge is 2.30. The smallest absolute Gasteiger partial charge is 0.328 e. The number of carbonyl (C=O) groups excluding carboxylic acids is 3. The van der Waals surface area contributed by atoms with Crippen LogP contribution in [0.15, 0.2) is 24.3 Å². The summed E-state index contributed by atoms with van der Waals surface area (Å²) in [6.45, 7) is 4.27. The molecule has 0 spiro atoms. The van der Waals surface area contributed by atoms with Gasteiger partial charge in [-0.3, -0.25) is 9.59 Å². The van der Waals surface area contributed by atoms with Gasteiger partial charge in [-0.2, -0.15) is 0 Å². The number of aromatic hydroxyl groups is 1. The molecule has 1 aromatic rings. The molecule has 0 radical (unpaired) electrons. The molecule has 1 amide bonds. The SMILES string of the molecule is CCCCCCCC(=O)C(CCCCCC)C(=O)N[C@@H](Cc1ccc(O)cc1)C(=O)OC. The van der Waals surface area contributed by atoms with Crippen LogP contribution in [-0.2, 0) is 25.5 Å². The molecule has 0 aliphatic carbocycles. The Morgan fingerprint density at radius 1 is 0.906 bits per heavy atom. The summed E-state index contributed by atoms with van der Waals surface area (Å²) < 4.78 is 4.88. The first-order chi connectivity index (χ1) is 15.4. The van der Waals surface area contributed by atoms with Crippen LogP contribution in [0.5, 0.6) is 5.75 Å². The Morgan fingerprint density at radius 3 is 2.09 bits per heavy atom. The minimum atomic E-state index is -0.882. The molecular weight excluding hydrogens is 406 g/mol. The van der Waals surface area contributed by atoms with Crippen molar-refractivity contribution in [2.75, 3.05) is 7.11 Å². The summed E-state index contributed by atoms with van der Waals surface area (Å²) >= 11 is 0. The first-order valence-corrected chi connectivity index (χ1v) is 12.1. The van der Waals surface area contributed by atoms with Crippen LogP contribution in [0.1, 0.15) is 90.0 Å². The van der Waals surface area contributed by atoms with Gasteiger partial charge in [-0.1, -0.05) is 77.3 Å². The molecule has 0 fully saturated rings. The van der Waals surface area contributed by atoms with Crippen molar-refractivity contribution in [1.82, 2.24) is 5.32 Å². The summed E-state index contributed by atoms with van der Waals surface area (Å²) in [7, 11) is 1.28. The van der Waals surface area contributed by atoms with Gasteiger partial charge < -0.3 is 15.2 Å². The molecule has 180 valence electrons. The molecule has 1 aromatic carbocycles. The molecule has 0 saturated heterocycles. The van der Waals surface area contributed by atoms with E-state index in [1.807, 2.05) is 0 Å². The number of phenols is 1. The van der Waals surface area contributed by atoms with E-state index in [4.69, 9.17) is 4.74 Å². The zero-order chi connectivity index (χ0) is 23.8. The van der Waals surface area contributed by atoms with E-state index in [1.54, 1.807) is 12.1 Å². The highest BCUT2D eigenvalue weighted by Crippen LogP contribution is 2.18. The van der Waals surface area contributed by atoms with E-state index in [0.29, 0.717) is 12.8 Å². The maximum absolute atomic E-state index is 13.1. The van der Waals surface area contributed by atoms with E-state index in [1.165, 1.54) is 19.2 Å². The largest absolute Gasteiger partial charge is 0.508 e. The average molecular weight is 448 g/mol. The second-order valence-electron chi connectivity index (χ2n) is 8.49. The van der Waals surface area contributed by atoms with Crippen molar-refractivity contribution in [3.8, 4) is 5.75 Å². The van der Waals surface area contributed by atoms with Crippen molar-refractivity contribution in [3.63, 3.8) is 0 Å². The standard InChI is InChI=1S/C26H41NO5/c1-4-6-8-10-12-14-24(29)22(13-11-9-7-5-2)25(30)27-23(26(31)32-3)19-20-15-17-21(28)18-16-20/h15-18,22-23,28H,4-14,19H2,1-3H3,(H,27,30)/t22?,23-/m0/s1. The molecule has 6 heteroatoms. The molecule has 0 aliphatic heterocycles. The van der Waals surface area contributed by atoms with E-state index >= 15 is 0 Å². The van der Waals surface area contributed by atoms with Crippen LogP contribution in [0.2, 0.25) is 0 Å². The Morgan fingerprint density at radius 2 is 1.50 bits per heavy atom. The Bertz CT molecular complexity index is 686. The lowest BCUT2D eigenvalue weighted by Crippen LogP contribution is -2.47. The van der Waals surface area contributed by atoms with Crippen LogP contribution in [0, 0.1) is 5.92 Å². The minimum Gasteiger partial charge on any atom is -0.508 e. The summed E-state index contributed by atoms with van der Waals surface area (Å²) in [6, 6.07) is 5.57. The Kier molecular flexibility index (Phi) is 14.1. The van der Waals surface area contributed by atoms with Crippen LogP contribution >= 0.6 is 0 Å². The normalized spacial score (nSPS) is 12.7. The average Bonchev–Trinajstić information content (AvgIpc) is 2.79. The lowest BCUT2D eigenvalue weighted by Gasteiger charge is -2.21. The second kappa shape index (κ2) is 16.3. The fourth-order valence-electron chi connectivity index (χ4n) is 3.77. The van der Waals surface area contributed by atoms with Crippen LogP contribution in [0.3, 0.4) is 0 Å². The van der Waals surface area contributed by atoms with Gasteiger partial charge in [0.25, 0.3) is 0 Å². The van der Waals surface area contributed by atoms with Gasteiger partial charge in [0.05, 0.1) is 13.0 Å². The summed E-state index contributed by atoms with van der Waals surface area (Å²) in [5.41, 5.74) is 0.778. The highest BCUT2D eigenvalue weighted by molar-refractivity contribution is 6.02. The number of unbranched alkanes of at least 4 members (excludes halogenated alkanes) is 7. The number of carbonyl (C=O) groups is 3. The maximum Gasteiger partial charge on any atom is 0.328 e. The zero-order valence-electron chi connectivity index (χ0n) is 20.0. The maximum atomic E-state index is 13.1. The number of nitrogens with one attached hydrogen (secondary N) is 1. The zero-order valence-corrected chi connectivity index (χ0v) is 20.0. The highest BCUT2D eigenvalue weighted by atomic mass is 16.5. The Hall–Kier alpha value is -2.37. The van der Waals surface area contributed by atoms with Gasteiger partial charge in [-0.25, -0.2) is 4.79 Å². The quantitative estimate of drug-likeness (QED) is 0.197. The fraction of sp³-hybridized carbons (Fsp3) is 0.654. The number of phenolic OH excluding ortho intramolecular Hbond substituents is 1. The summed E-state index contributed by atoms with van der Waals surface area (Å²) in [5, 5.41) is 12.2. The first kappa shape index (κ1) is 27.7. The number of methoxy groups -OCH3 is 1. The topological polar surface area (TPSA) is 92.7 Å². The lowest BCUT2D eigenvalue weighted by atomic mass is 9.91.